The van der Waals surface area contributed by atoms with Gasteiger partial charge in [0.05, 0.1) is 22.9 Å². The highest BCUT2D eigenvalue weighted by Crippen LogP contribution is 2.30. The second-order valence-corrected chi connectivity index (χ2v) is 7.35. The maximum Gasteiger partial charge on any atom is 0.416 e. The van der Waals surface area contributed by atoms with Gasteiger partial charge in [-0.2, -0.15) is 18.2 Å². The van der Waals surface area contributed by atoms with Gasteiger partial charge in [-0.15, -0.1) is 11.8 Å². The molecule has 1 N–H and O–H groups in total. The summed E-state index contributed by atoms with van der Waals surface area (Å²) in [5.74, 6) is 1.12. The Morgan fingerprint density at radius 3 is 2.48 bits per heavy atom. The van der Waals surface area contributed by atoms with Crippen molar-refractivity contribution in [3.05, 3.63) is 76.9 Å². The zero-order valence-electron chi connectivity index (χ0n) is 15.7. The number of alkyl halides is 3. The quantitative estimate of drug-likeness (QED) is 0.556. The Kier molecular flexibility index (Phi) is 6.26. The highest BCUT2D eigenvalue weighted by Gasteiger charge is 2.30. The number of hydrogen-bond donors (Lipinski definition) is 1. The van der Waals surface area contributed by atoms with Gasteiger partial charge in [-0.05, 0) is 36.8 Å². The average molecular weight is 421 g/mol. The van der Waals surface area contributed by atoms with Gasteiger partial charge in [0.2, 0.25) is 5.89 Å². The standard InChI is InChI=1S/C20H18F3N3O2S/c1-12(14-7-9-15(10-8-14)20(21,22)23)24-19(27)16-5-3-4-6-17(16)29-11-18-25-13(2)28-26-18/h3-10,12H,11H2,1-2H3,(H,24,27). The highest BCUT2D eigenvalue weighted by atomic mass is 32.2. The van der Waals surface area contributed by atoms with Crippen molar-refractivity contribution in [3.63, 3.8) is 0 Å². The lowest BCUT2D eigenvalue weighted by Gasteiger charge is -2.16. The van der Waals surface area contributed by atoms with E-state index in [1.807, 2.05) is 12.1 Å². The van der Waals surface area contributed by atoms with Crippen LogP contribution in [0, 0.1) is 6.92 Å². The molecular weight excluding hydrogens is 403 g/mol. The Labute approximate surface area is 169 Å². The first-order valence-electron chi connectivity index (χ1n) is 8.73. The van der Waals surface area contributed by atoms with Crippen LogP contribution >= 0.6 is 11.8 Å². The van der Waals surface area contributed by atoms with Crippen molar-refractivity contribution >= 4 is 17.7 Å². The van der Waals surface area contributed by atoms with Gasteiger partial charge in [0.25, 0.3) is 5.91 Å². The number of nitrogens with one attached hydrogen (secondary N) is 1. The molecule has 1 unspecified atom stereocenters. The number of amides is 1. The van der Waals surface area contributed by atoms with Gasteiger partial charge in [-0.1, -0.05) is 29.4 Å². The van der Waals surface area contributed by atoms with E-state index in [2.05, 4.69) is 15.5 Å². The normalized spacial score (nSPS) is 12.6. The van der Waals surface area contributed by atoms with E-state index in [1.54, 1.807) is 26.0 Å². The first-order valence-corrected chi connectivity index (χ1v) is 9.71. The molecule has 3 rings (SSSR count). The Hall–Kier alpha value is -2.81. The molecule has 9 heteroatoms. The van der Waals surface area contributed by atoms with Crippen molar-refractivity contribution < 1.29 is 22.5 Å². The molecule has 0 aliphatic rings. The van der Waals surface area contributed by atoms with Crippen LogP contribution in [0.5, 0.6) is 0 Å². The third-order valence-electron chi connectivity index (χ3n) is 4.14. The summed E-state index contributed by atoms with van der Waals surface area (Å²) in [6.07, 6.45) is -4.39. The van der Waals surface area contributed by atoms with Crippen LogP contribution in [0.1, 0.15) is 46.2 Å². The average Bonchev–Trinajstić information content (AvgIpc) is 3.11. The minimum atomic E-state index is -4.39. The maximum atomic E-state index is 12.7. The maximum absolute atomic E-state index is 12.7. The molecule has 5 nitrogen and oxygen atoms in total. The van der Waals surface area contributed by atoms with E-state index in [0.717, 1.165) is 17.0 Å². The zero-order valence-corrected chi connectivity index (χ0v) is 16.5. The van der Waals surface area contributed by atoms with Crippen molar-refractivity contribution in [2.75, 3.05) is 0 Å². The van der Waals surface area contributed by atoms with Crippen LogP contribution in [0.2, 0.25) is 0 Å². The van der Waals surface area contributed by atoms with Crippen molar-refractivity contribution in [2.24, 2.45) is 0 Å². The molecule has 1 atom stereocenters. The van der Waals surface area contributed by atoms with E-state index in [0.29, 0.717) is 28.6 Å². The van der Waals surface area contributed by atoms with E-state index >= 15 is 0 Å². The van der Waals surface area contributed by atoms with Gasteiger partial charge in [-0.3, -0.25) is 4.79 Å². The van der Waals surface area contributed by atoms with Crippen molar-refractivity contribution in [3.8, 4) is 0 Å². The van der Waals surface area contributed by atoms with E-state index in [1.165, 1.54) is 23.9 Å². The number of hydrogen-bond acceptors (Lipinski definition) is 5. The van der Waals surface area contributed by atoms with Crippen molar-refractivity contribution in [1.82, 2.24) is 15.5 Å². The van der Waals surface area contributed by atoms with Crippen LogP contribution in [-0.4, -0.2) is 16.0 Å². The number of carbonyl (C=O) groups excluding carboxylic acids is 1. The monoisotopic (exact) mass is 421 g/mol. The van der Waals surface area contributed by atoms with Crippen LogP contribution in [0.4, 0.5) is 13.2 Å². The van der Waals surface area contributed by atoms with Crippen molar-refractivity contribution in [2.45, 2.75) is 36.7 Å². The molecule has 0 fully saturated rings. The minimum Gasteiger partial charge on any atom is -0.345 e. The Morgan fingerprint density at radius 1 is 1.17 bits per heavy atom. The number of carbonyl (C=O) groups is 1. The summed E-state index contributed by atoms with van der Waals surface area (Å²) in [5, 5.41) is 6.66. The number of rotatable bonds is 6. The van der Waals surface area contributed by atoms with E-state index in [9.17, 15) is 18.0 Å². The second-order valence-electron chi connectivity index (χ2n) is 6.33. The van der Waals surface area contributed by atoms with Gasteiger partial charge in [0.1, 0.15) is 0 Å². The predicted octanol–water partition coefficient (Wildman–Crippen LogP) is 5.18. The van der Waals surface area contributed by atoms with E-state index in [4.69, 9.17) is 4.52 Å². The van der Waals surface area contributed by atoms with Crippen LogP contribution in [0.25, 0.3) is 0 Å². The summed E-state index contributed by atoms with van der Waals surface area (Å²) in [4.78, 5) is 17.6. The lowest BCUT2D eigenvalue weighted by Crippen LogP contribution is -2.27. The molecule has 0 bridgehead atoms. The van der Waals surface area contributed by atoms with E-state index < -0.39 is 17.8 Å². The van der Waals surface area contributed by atoms with Gasteiger partial charge in [-0.25, -0.2) is 0 Å². The van der Waals surface area contributed by atoms with Gasteiger partial charge >= 0.3 is 6.18 Å². The fourth-order valence-corrected chi connectivity index (χ4v) is 3.53. The summed E-state index contributed by atoms with van der Waals surface area (Å²) in [7, 11) is 0. The third kappa shape index (κ3) is 5.38. The van der Waals surface area contributed by atoms with Crippen LogP contribution in [0.15, 0.2) is 57.9 Å². The number of nitrogens with zero attached hydrogens (tertiary/aromatic N) is 2. The Morgan fingerprint density at radius 2 is 1.86 bits per heavy atom. The fraction of sp³-hybridized carbons (Fsp3) is 0.250. The molecule has 1 amide bonds. The molecule has 0 saturated carbocycles. The summed E-state index contributed by atoms with van der Waals surface area (Å²) in [5.41, 5.74) is 0.327. The number of benzene rings is 2. The largest absolute Gasteiger partial charge is 0.416 e. The summed E-state index contributed by atoms with van der Waals surface area (Å²) in [6, 6.07) is 11.4. The lowest BCUT2D eigenvalue weighted by atomic mass is 10.1. The molecule has 0 aliphatic carbocycles. The van der Waals surface area contributed by atoms with Crippen molar-refractivity contribution in [1.29, 1.82) is 0 Å². The molecule has 3 aromatic rings. The SMILES string of the molecule is Cc1nc(CSc2ccccc2C(=O)NC(C)c2ccc(C(F)(F)F)cc2)no1. The molecular formula is C20H18F3N3O2S. The first kappa shape index (κ1) is 20.9. The minimum absolute atomic E-state index is 0.315. The molecule has 0 aliphatic heterocycles. The first-order chi connectivity index (χ1) is 13.7. The number of aromatic nitrogens is 2. The lowest BCUT2D eigenvalue weighted by molar-refractivity contribution is -0.137. The number of thioether (sulfide) groups is 1. The third-order valence-corrected chi connectivity index (χ3v) is 5.21. The molecule has 0 saturated heterocycles. The van der Waals surface area contributed by atoms with Gasteiger partial charge < -0.3 is 9.84 Å². The van der Waals surface area contributed by atoms with Crippen LogP contribution in [0.3, 0.4) is 0 Å². The molecule has 29 heavy (non-hydrogen) atoms. The predicted molar refractivity (Wildman–Crippen MR) is 102 cm³/mol. The second kappa shape index (κ2) is 8.69. The topological polar surface area (TPSA) is 68.0 Å². The van der Waals surface area contributed by atoms with Crippen LogP contribution < -0.4 is 5.32 Å². The molecule has 152 valence electrons. The summed E-state index contributed by atoms with van der Waals surface area (Å²) < 4.78 is 43.1. The van der Waals surface area contributed by atoms with E-state index in [-0.39, 0.29) is 5.91 Å². The summed E-state index contributed by atoms with van der Waals surface area (Å²) in [6.45, 7) is 3.42. The van der Waals surface area contributed by atoms with Gasteiger partial charge in [0, 0.05) is 11.8 Å². The number of halogens is 3. The molecule has 1 heterocycles. The molecule has 0 radical (unpaired) electrons. The van der Waals surface area contributed by atoms with Crippen LogP contribution in [-0.2, 0) is 11.9 Å². The molecule has 0 spiro atoms. The molecule has 2 aromatic carbocycles. The smallest absolute Gasteiger partial charge is 0.345 e. The summed E-state index contributed by atoms with van der Waals surface area (Å²) >= 11 is 1.40. The Bertz CT molecular complexity index is 987. The van der Waals surface area contributed by atoms with Gasteiger partial charge in [0.15, 0.2) is 5.82 Å². The zero-order chi connectivity index (χ0) is 21.0. The number of aryl methyl sites for hydroxylation is 1. The molecule has 1 aromatic heterocycles. The highest BCUT2D eigenvalue weighted by molar-refractivity contribution is 7.98. The Balaban J connectivity index is 1.68. The fourth-order valence-electron chi connectivity index (χ4n) is 2.64.